The summed E-state index contributed by atoms with van der Waals surface area (Å²) >= 11 is 0. The third kappa shape index (κ3) is 2.75. The van der Waals surface area contributed by atoms with Crippen LogP contribution in [0.15, 0.2) is 0 Å². The first kappa shape index (κ1) is 14.3. The van der Waals surface area contributed by atoms with Gasteiger partial charge in [-0.25, -0.2) is 0 Å². The lowest BCUT2D eigenvalue weighted by Gasteiger charge is -2.55. The maximum absolute atomic E-state index is 6.44. The Morgan fingerprint density at radius 1 is 1.22 bits per heavy atom. The average molecular weight is 253 g/mol. The van der Waals surface area contributed by atoms with Crippen LogP contribution in [0.5, 0.6) is 0 Å². The van der Waals surface area contributed by atoms with Crippen LogP contribution in [0.2, 0.25) is 0 Å². The first-order valence-corrected chi connectivity index (χ1v) is 7.99. The zero-order chi connectivity index (χ0) is 13.2. The molecule has 2 saturated carbocycles. The van der Waals surface area contributed by atoms with E-state index < -0.39 is 0 Å². The van der Waals surface area contributed by atoms with E-state index in [1.807, 2.05) is 0 Å². The van der Waals surface area contributed by atoms with E-state index in [9.17, 15) is 0 Å². The molecule has 0 bridgehead atoms. The van der Waals surface area contributed by atoms with Crippen molar-refractivity contribution in [1.82, 2.24) is 5.32 Å². The molecule has 0 radical (unpaired) electrons. The quantitative estimate of drug-likeness (QED) is 0.805. The van der Waals surface area contributed by atoms with Crippen molar-refractivity contribution in [3.63, 3.8) is 0 Å². The van der Waals surface area contributed by atoms with E-state index in [1.165, 1.54) is 38.5 Å². The highest BCUT2D eigenvalue weighted by Crippen LogP contribution is 2.47. The Kier molecular flexibility index (Phi) is 4.71. The zero-order valence-corrected chi connectivity index (χ0v) is 12.7. The fraction of sp³-hybridized carbons (Fsp3) is 1.00. The van der Waals surface area contributed by atoms with E-state index in [-0.39, 0.29) is 0 Å². The van der Waals surface area contributed by atoms with Crippen LogP contribution in [-0.4, -0.2) is 24.8 Å². The monoisotopic (exact) mass is 253 g/mol. The molecular weight excluding hydrogens is 222 g/mol. The molecule has 0 spiro atoms. The highest BCUT2D eigenvalue weighted by molar-refractivity contribution is 5.05. The van der Waals surface area contributed by atoms with Crippen LogP contribution in [0.4, 0.5) is 0 Å². The van der Waals surface area contributed by atoms with E-state index in [0.29, 0.717) is 23.7 Å². The summed E-state index contributed by atoms with van der Waals surface area (Å²) in [7, 11) is 0. The Morgan fingerprint density at radius 2 is 2.00 bits per heavy atom. The minimum Gasteiger partial charge on any atom is -0.374 e. The summed E-state index contributed by atoms with van der Waals surface area (Å²) in [4.78, 5) is 0. The molecule has 2 fully saturated rings. The van der Waals surface area contributed by atoms with Gasteiger partial charge in [0.15, 0.2) is 0 Å². The number of nitrogens with one attached hydrogen (secondary N) is 1. The van der Waals surface area contributed by atoms with Crippen molar-refractivity contribution >= 4 is 0 Å². The summed E-state index contributed by atoms with van der Waals surface area (Å²) in [6.07, 6.45) is 8.78. The van der Waals surface area contributed by atoms with Crippen LogP contribution in [0.25, 0.3) is 0 Å². The Balaban J connectivity index is 1.86. The molecule has 5 atom stereocenters. The zero-order valence-electron chi connectivity index (χ0n) is 12.7. The standard InChI is InChI=1S/C16H31NO/c1-5-16(4)14(17-6-2)11-15(16)18-13-9-7-8-12(3)10-13/h12-15,17H,5-11H2,1-4H3. The van der Waals surface area contributed by atoms with Gasteiger partial charge in [-0.1, -0.05) is 40.5 Å². The molecule has 1 N–H and O–H groups in total. The maximum atomic E-state index is 6.44. The third-order valence-corrected chi connectivity index (χ3v) is 5.44. The first-order chi connectivity index (χ1) is 8.60. The summed E-state index contributed by atoms with van der Waals surface area (Å²) in [5.74, 6) is 0.862. The van der Waals surface area contributed by atoms with E-state index >= 15 is 0 Å². The summed E-state index contributed by atoms with van der Waals surface area (Å²) in [5.41, 5.74) is 0.358. The Labute approximate surface area is 113 Å². The normalized spacial score (nSPS) is 44.7. The van der Waals surface area contributed by atoms with Crippen molar-refractivity contribution in [3.8, 4) is 0 Å². The smallest absolute Gasteiger partial charge is 0.0662 e. The summed E-state index contributed by atoms with van der Waals surface area (Å²) in [5, 5.41) is 3.62. The van der Waals surface area contributed by atoms with Crippen molar-refractivity contribution in [2.45, 2.75) is 84.5 Å². The molecule has 0 aromatic rings. The van der Waals surface area contributed by atoms with E-state index in [1.54, 1.807) is 0 Å². The molecule has 2 aliphatic carbocycles. The van der Waals surface area contributed by atoms with Crippen LogP contribution in [0.1, 0.15) is 66.2 Å². The van der Waals surface area contributed by atoms with Gasteiger partial charge in [0.2, 0.25) is 0 Å². The second-order valence-electron chi connectivity index (χ2n) is 6.72. The largest absolute Gasteiger partial charge is 0.374 e. The van der Waals surface area contributed by atoms with Gasteiger partial charge in [-0.2, -0.15) is 0 Å². The SMILES string of the molecule is CCNC1CC(OC2CCCC(C)C2)C1(C)CC. The minimum atomic E-state index is 0.358. The molecule has 0 saturated heterocycles. The molecule has 5 unspecified atom stereocenters. The lowest BCUT2D eigenvalue weighted by Crippen LogP contribution is -2.62. The maximum Gasteiger partial charge on any atom is 0.0662 e. The van der Waals surface area contributed by atoms with Gasteiger partial charge >= 0.3 is 0 Å². The topological polar surface area (TPSA) is 21.3 Å². The predicted molar refractivity (Wildman–Crippen MR) is 76.8 cm³/mol. The van der Waals surface area contributed by atoms with Gasteiger partial charge in [0.1, 0.15) is 0 Å². The van der Waals surface area contributed by atoms with Gasteiger partial charge in [0.25, 0.3) is 0 Å². The van der Waals surface area contributed by atoms with Crippen LogP contribution in [-0.2, 0) is 4.74 Å². The van der Waals surface area contributed by atoms with Crippen LogP contribution < -0.4 is 5.32 Å². The third-order valence-electron chi connectivity index (χ3n) is 5.44. The van der Waals surface area contributed by atoms with Crippen molar-refractivity contribution in [3.05, 3.63) is 0 Å². The second-order valence-corrected chi connectivity index (χ2v) is 6.72. The lowest BCUT2D eigenvalue weighted by atomic mass is 9.61. The number of ether oxygens (including phenoxy) is 1. The Morgan fingerprint density at radius 3 is 2.61 bits per heavy atom. The molecule has 0 amide bonds. The van der Waals surface area contributed by atoms with Crippen LogP contribution in [0, 0.1) is 11.3 Å². The average Bonchev–Trinajstić information content (AvgIpc) is 2.36. The molecule has 2 rings (SSSR count). The van der Waals surface area contributed by atoms with Crippen molar-refractivity contribution in [2.24, 2.45) is 11.3 Å². The van der Waals surface area contributed by atoms with Crippen molar-refractivity contribution in [2.75, 3.05) is 6.54 Å². The van der Waals surface area contributed by atoms with Gasteiger partial charge in [-0.3, -0.25) is 0 Å². The summed E-state index contributed by atoms with van der Waals surface area (Å²) < 4.78 is 6.44. The van der Waals surface area contributed by atoms with E-state index in [4.69, 9.17) is 4.74 Å². The fourth-order valence-corrected chi connectivity index (χ4v) is 3.80. The van der Waals surface area contributed by atoms with Crippen LogP contribution in [0.3, 0.4) is 0 Å². The molecule has 18 heavy (non-hydrogen) atoms. The molecule has 0 heterocycles. The van der Waals surface area contributed by atoms with E-state index in [0.717, 1.165) is 12.5 Å². The van der Waals surface area contributed by atoms with E-state index in [2.05, 4.69) is 33.0 Å². The summed E-state index contributed by atoms with van der Waals surface area (Å²) in [6.45, 7) is 10.4. The number of hydrogen-bond donors (Lipinski definition) is 1. The second kappa shape index (κ2) is 5.92. The predicted octanol–water partition coefficient (Wildman–Crippen LogP) is 3.75. The molecular formula is C16H31NO. The minimum absolute atomic E-state index is 0.358. The number of rotatable bonds is 5. The van der Waals surface area contributed by atoms with Crippen molar-refractivity contribution < 1.29 is 4.74 Å². The van der Waals surface area contributed by atoms with Gasteiger partial charge in [-0.05, 0) is 38.1 Å². The fourth-order valence-electron chi connectivity index (χ4n) is 3.80. The summed E-state index contributed by atoms with van der Waals surface area (Å²) in [6, 6.07) is 0.665. The first-order valence-electron chi connectivity index (χ1n) is 7.99. The highest BCUT2D eigenvalue weighted by Gasteiger charge is 2.51. The molecule has 2 nitrogen and oxygen atoms in total. The molecule has 0 aliphatic heterocycles. The molecule has 2 aliphatic rings. The number of hydrogen-bond acceptors (Lipinski definition) is 2. The van der Waals surface area contributed by atoms with Crippen LogP contribution >= 0.6 is 0 Å². The lowest BCUT2D eigenvalue weighted by molar-refractivity contribution is -0.165. The van der Waals surface area contributed by atoms with Gasteiger partial charge < -0.3 is 10.1 Å². The van der Waals surface area contributed by atoms with Gasteiger partial charge in [-0.15, -0.1) is 0 Å². The van der Waals surface area contributed by atoms with Crippen molar-refractivity contribution in [1.29, 1.82) is 0 Å². The molecule has 0 aromatic heterocycles. The molecule has 106 valence electrons. The Hall–Kier alpha value is -0.0800. The van der Waals surface area contributed by atoms with Gasteiger partial charge in [0.05, 0.1) is 12.2 Å². The van der Waals surface area contributed by atoms with Gasteiger partial charge in [0, 0.05) is 11.5 Å². The molecule has 2 heteroatoms. The Bertz CT molecular complexity index is 268. The molecule has 0 aromatic carbocycles. The highest BCUT2D eigenvalue weighted by atomic mass is 16.5.